The van der Waals surface area contributed by atoms with E-state index in [0.717, 1.165) is 45.2 Å². The molecule has 0 spiro atoms. The second-order valence-corrected chi connectivity index (χ2v) is 8.03. The van der Waals surface area contributed by atoms with Gasteiger partial charge in [-0.1, -0.05) is 60.1 Å². The Bertz CT molecular complexity index is 1200. The Hall–Kier alpha value is -2.82. The molecule has 158 valence electrons. The van der Waals surface area contributed by atoms with E-state index in [4.69, 9.17) is 11.6 Å². The number of benzene rings is 4. The zero-order valence-electron chi connectivity index (χ0n) is 16.9. The van der Waals surface area contributed by atoms with Crippen molar-refractivity contribution >= 4 is 22.4 Å². The third-order valence-electron chi connectivity index (χ3n) is 5.41. The van der Waals surface area contributed by atoms with Crippen LogP contribution >= 0.6 is 11.6 Å². The third kappa shape index (κ3) is 4.92. The smallest absolute Gasteiger partial charge is 0.306 e. The molecular formula is C26H21ClF3N. The highest BCUT2D eigenvalue weighted by atomic mass is 35.5. The second kappa shape index (κ2) is 8.74. The first kappa shape index (κ1) is 21.4. The monoisotopic (exact) mass is 439 g/mol. The molecule has 0 aliphatic carbocycles. The fraction of sp³-hybridized carbons (Fsp3) is 0.154. The highest BCUT2D eigenvalue weighted by molar-refractivity contribution is 6.30. The minimum Gasteiger partial charge on any atom is -0.306 e. The van der Waals surface area contributed by atoms with E-state index in [-0.39, 0.29) is 6.04 Å². The van der Waals surface area contributed by atoms with Gasteiger partial charge in [-0.05, 0) is 76.3 Å². The number of fused-ring (bicyclic) bond motifs is 1. The van der Waals surface area contributed by atoms with E-state index >= 15 is 0 Å². The van der Waals surface area contributed by atoms with Crippen molar-refractivity contribution in [3.05, 3.63) is 107 Å². The molecule has 4 aromatic rings. The topological polar surface area (TPSA) is 12.0 Å². The minimum atomic E-state index is -4.34. The van der Waals surface area contributed by atoms with Crippen molar-refractivity contribution in [2.75, 3.05) is 0 Å². The van der Waals surface area contributed by atoms with Gasteiger partial charge in [0.25, 0.3) is 0 Å². The first-order valence-corrected chi connectivity index (χ1v) is 10.4. The Morgan fingerprint density at radius 3 is 2.32 bits per heavy atom. The Labute approximate surface area is 184 Å². The van der Waals surface area contributed by atoms with E-state index in [0.29, 0.717) is 11.6 Å². The van der Waals surface area contributed by atoms with Crippen molar-refractivity contribution < 1.29 is 13.2 Å². The summed E-state index contributed by atoms with van der Waals surface area (Å²) in [6, 6.07) is 25.2. The first-order chi connectivity index (χ1) is 14.8. The minimum absolute atomic E-state index is 0.0969. The van der Waals surface area contributed by atoms with Crippen LogP contribution in [0, 0.1) is 0 Å². The van der Waals surface area contributed by atoms with Gasteiger partial charge >= 0.3 is 6.18 Å². The van der Waals surface area contributed by atoms with Crippen molar-refractivity contribution in [2.45, 2.75) is 25.7 Å². The second-order valence-electron chi connectivity index (χ2n) is 7.60. The number of halogens is 4. The molecule has 0 aliphatic rings. The summed E-state index contributed by atoms with van der Waals surface area (Å²) in [4.78, 5) is 0. The van der Waals surface area contributed by atoms with Crippen LogP contribution in [0.4, 0.5) is 13.2 Å². The predicted octanol–water partition coefficient (Wildman–Crippen LogP) is 8.03. The lowest BCUT2D eigenvalue weighted by Crippen LogP contribution is -2.18. The Morgan fingerprint density at radius 2 is 1.61 bits per heavy atom. The van der Waals surface area contributed by atoms with Gasteiger partial charge in [-0.3, -0.25) is 0 Å². The van der Waals surface area contributed by atoms with E-state index in [9.17, 15) is 13.2 Å². The van der Waals surface area contributed by atoms with Gasteiger partial charge in [-0.15, -0.1) is 0 Å². The number of alkyl halides is 3. The van der Waals surface area contributed by atoms with Gasteiger partial charge in [0.15, 0.2) is 0 Å². The van der Waals surface area contributed by atoms with E-state index < -0.39 is 11.7 Å². The fourth-order valence-corrected chi connectivity index (χ4v) is 3.92. The lowest BCUT2D eigenvalue weighted by molar-refractivity contribution is -0.137. The van der Waals surface area contributed by atoms with E-state index in [2.05, 4.69) is 18.3 Å². The number of hydrogen-bond acceptors (Lipinski definition) is 1. The van der Waals surface area contributed by atoms with Gasteiger partial charge in [-0.2, -0.15) is 13.2 Å². The number of rotatable bonds is 5. The normalized spacial score (nSPS) is 12.8. The zero-order valence-corrected chi connectivity index (χ0v) is 17.6. The summed E-state index contributed by atoms with van der Waals surface area (Å²) >= 11 is 6.10. The van der Waals surface area contributed by atoms with Crippen LogP contribution in [0.2, 0.25) is 5.02 Å². The predicted molar refractivity (Wildman–Crippen MR) is 121 cm³/mol. The largest absolute Gasteiger partial charge is 0.416 e. The fourth-order valence-electron chi connectivity index (χ4n) is 3.72. The Balaban J connectivity index is 1.65. The Kier molecular flexibility index (Phi) is 6.03. The van der Waals surface area contributed by atoms with Crippen LogP contribution in [-0.4, -0.2) is 0 Å². The summed E-state index contributed by atoms with van der Waals surface area (Å²) in [6.07, 6.45) is -4.34. The van der Waals surface area contributed by atoms with Crippen LogP contribution in [0.3, 0.4) is 0 Å². The molecule has 4 rings (SSSR count). The highest BCUT2D eigenvalue weighted by Crippen LogP contribution is 2.34. The lowest BCUT2D eigenvalue weighted by atomic mass is 9.94. The van der Waals surface area contributed by atoms with Crippen LogP contribution < -0.4 is 5.32 Å². The van der Waals surface area contributed by atoms with Gasteiger partial charge in [0.2, 0.25) is 0 Å². The zero-order chi connectivity index (χ0) is 22.0. The van der Waals surface area contributed by atoms with Gasteiger partial charge in [0, 0.05) is 17.6 Å². The van der Waals surface area contributed by atoms with Gasteiger partial charge < -0.3 is 5.32 Å². The molecule has 1 nitrogen and oxygen atoms in total. The molecule has 4 aromatic carbocycles. The molecule has 0 unspecified atom stereocenters. The van der Waals surface area contributed by atoms with Crippen molar-refractivity contribution in [3.63, 3.8) is 0 Å². The van der Waals surface area contributed by atoms with Crippen LogP contribution in [0.5, 0.6) is 0 Å². The summed E-state index contributed by atoms with van der Waals surface area (Å²) in [6.45, 7) is 2.69. The maximum atomic E-state index is 13.0. The van der Waals surface area contributed by atoms with Crippen molar-refractivity contribution in [1.29, 1.82) is 0 Å². The quantitative estimate of drug-likeness (QED) is 0.332. The van der Waals surface area contributed by atoms with Gasteiger partial charge in [-0.25, -0.2) is 0 Å². The maximum absolute atomic E-state index is 13.0. The molecule has 0 amide bonds. The molecule has 1 atom stereocenters. The van der Waals surface area contributed by atoms with Gasteiger partial charge in [0.1, 0.15) is 0 Å². The maximum Gasteiger partial charge on any atom is 0.416 e. The molecule has 31 heavy (non-hydrogen) atoms. The first-order valence-electron chi connectivity index (χ1n) is 9.99. The Morgan fingerprint density at radius 1 is 0.871 bits per heavy atom. The molecule has 0 heterocycles. The molecule has 0 bridgehead atoms. The summed E-state index contributed by atoms with van der Waals surface area (Å²) in [5.74, 6) is 0. The average Bonchev–Trinajstić information content (AvgIpc) is 2.76. The molecule has 0 fully saturated rings. The summed E-state index contributed by atoms with van der Waals surface area (Å²) in [5.41, 5.74) is 3.18. The van der Waals surface area contributed by atoms with Crippen LogP contribution in [0.15, 0.2) is 84.9 Å². The highest BCUT2D eigenvalue weighted by Gasteiger charge is 2.30. The summed E-state index contributed by atoms with van der Waals surface area (Å²) in [7, 11) is 0. The standard InChI is InChI=1S/C26H21ClF3N/c1-17(20-6-4-7-23(27)15-20)31-16-18-13-21-5-2-3-8-24(21)25(14-18)19-9-11-22(12-10-19)26(28,29)30/h2-15,17,31H,16H2,1H3/t17-/m1/s1. The van der Waals surface area contributed by atoms with Crippen molar-refractivity contribution in [3.8, 4) is 11.1 Å². The molecule has 0 radical (unpaired) electrons. The summed E-state index contributed by atoms with van der Waals surface area (Å²) in [5, 5.41) is 6.26. The van der Waals surface area contributed by atoms with E-state index in [1.165, 1.54) is 12.1 Å². The molecule has 1 N–H and O–H groups in total. The molecule has 0 saturated heterocycles. The van der Waals surface area contributed by atoms with Crippen LogP contribution in [0.1, 0.15) is 29.7 Å². The third-order valence-corrected chi connectivity index (χ3v) is 5.64. The van der Waals surface area contributed by atoms with E-state index in [1.807, 2.05) is 54.6 Å². The van der Waals surface area contributed by atoms with E-state index in [1.54, 1.807) is 0 Å². The average molecular weight is 440 g/mol. The molecule has 5 heteroatoms. The lowest BCUT2D eigenvalue weighted by Gasteiger charge is -2.16. The van der Waals surface area contributed by atoms with Crippen molar-refractivity contribution in [1.82, 2.24) is 5.32 Å². The van der Waals surface area contributed by atoms with Gasteiger partial charge in [0.05, 0.1) is 5.56 Å². The molecule has 0 aliphatic heterocycles. The number of hydrogen-bond donors (Lipinski definition) is 1. The molecule has 0 aromatic heterocycles. The molecule has 0 saturated carbocycles. The van der Waals surface area contributed by atoms with Crippen LogP contribution in [-0.2, 0) is 12.7 Å². The SMILES string of the molecule is C[C@@H](NCc1cc(-c2ccc(C(F)(F)F)cc2)c2ccccc2c1)c1cccc(Cl)c1. The summed E-state index contributed by atoms with van der Waals surface area (Å²) < 4.78 is 38.9. The van der Waals surface area contributed by atoms with Crippen LogP contribution in [0.25, 0.3) is 21.9 Å². The number of nitrogens with one attached hydrogen (secondary N) is 1. The molecular weight excluding hydrogens is 419 g/mol. The van der Waals surface area contributed by atoms with Crippen molar-refractivity contribution in [2.24, 2.45) is 0 Å².